The Bertz CT molecular complexity index is 727. The van der Waals surface area contributed by atoms with Crippen LogP contribution in [0.3, 0.4) is 0 Å². The molecule has 0 spiro atoms. The second kappa shape index (κ2) is 17.4. The fourth-order valence-corrected chi connectivity index (χ4v) is 3.40. The minimum atomic E-state index is -0.848. The third kappa shape index (κ3) is 13.4. The molecule has 3 unspecified atom stereocenters. The molecule has 13 nitrogen and oxygen atoms in total. The maximum Gasteiger partial charge on any atom is 0.242 e. The molecule has 0 bridgehead atoms. The fraction of sp³-hybridized carbons (Fsp3) is 0.727. The molecule has 5 amide bonds. The first-order chi connectivity index (χ1) is 16.8. The number of carbonyl (C=O) groups excluding carboxylic acids is 6. The highest BCUT2D eigenvalue weighted by atomic mass is 16.2. The summed E-state index contributed by atoms with van der Waals surface area (Å²) in [5.41, 5.74) is 5.13. The van der Waals surface area contributed by atoms with E-state index in [0.717, 1.165) is 13.0 Å². The molecule has 0 aliphatic carbocycles. The molecule has 13 heteroatoms. The van der Waals surface area contributed by atoms with Crippen LogP contribution in [0.1, 0.15) is 51.9 Å². The van der Waals surface area contributed by atoms with Crippen LogP contribution in [0, 0.1) is 0 Å². The predicted octanol–water partition coefficient (Wildman–Crippen LogP) is -2.82. The molecular formula is C22H39N7O6. The van der Waals surface area contributed by atoms with E-state index in [0.29, 0.717) is 38.6 Å². The number of unbranched alkanes of at least 4 members (excludes halogenated alkanes) is 1. The maximum atomic E-state index is 12.6. The Kier molecular flexibility index (Phi) is 14.9. The molecule has 0 saturated carbocycles. The van der Waals surface area contributed by atoms with Gasteiger partial charge in [-0.1, -0.05) is 6.92 Å². The van der Waals surface area contributed by atoms with E-state index >= 15 is 0 Å². The van der Waals surface area contributed by atoms with E-state index < -0.39 is 23.9 Å². The molecule has 3 atom stereocenters. The summed E-state index contributed by atoms with van der Waals surface area (Å²) in [5, 5.41) is 16.4. The van der Waals surface area contributed by atoms with Gasteiger partial charge in [-0.25, -0.2) is 0 Å². The molecule has 1 aliphatic rings. The SMILES string of the molecule is CCC(=O)NC(CCCCNC(=O)CCC(C=O)NC(=O)CNC(=O)CN)C(=O)NC1CCNC1. The standard InChI is InChI=1S/C22H39N7O6/c1-2-18(31)29-17(22(35)28-15-8-10-24-12-15)5-3-4-9-25-19(32)7-6-16(14-30)27-21(34)13-26-20(33)11-23/h14-17,24H,2-13,23H2,1H3,(H,25,32)(H,26,33)(H,27,34)(H,28,35)(H,29,31). The molecular weight excluding hydrogens is 458 g/mol. The van der Waals surface area contributed by atoms with Crippen molar-refractivity contribution in [3.05, 3.63) is 0 Å². The first kappa shape index (κ1) is 30.0. The maximum absolute atomic E-state index is 12.6. The minimum Gasteiger partial charge on any atom is -0.356 e. The van der Waals surface area contributed by atoms with Crippen molar-refractivity contribution in [1.82, 2.24) is 31.9 Å². The van der Waals surface area contributed by atoms with Gasteiger partial charge in [0.1, 0.15) is 12.3 Å². The molecule has 1 heterocycles. The molecule has 0 aromatic rings. The van der Waals surface area contributed by atoms with Crippen LogP contribution in [0.25, 0.3) is 0 Å². The molecule has 1 aliphatic heterocycles. The largest absolute Gasteiger partial charge is 0.356 e. The third-order valence-corrected chi connectivity index (χ3v) is 5.45. The molecule has 0 aromatic heterocycles. The number of nitrogens with two attached hydrogens (primary N) is 1. The van der Waals surface area contributed by atoms with Crippen molar-refractivity contribution in [2.45, 2.75) is 70.0 Å². The van der Waals surface area contributed by atoms with Crippen molar-refractivity contribution < 1.29 is 28.8 Å². The molecule has 1 saturated heterocycles. The number of rotatable bonds is 17. The highest BCUT2D eigenvalue weighted by Gasteiger charge is 2.24. The van der Waals surface area contributed by atoms with Gasteiger partial charge in [-0.15, -0.1) is 0 Å². The average molecular weight is 498 g/mol. The van der Waals surface area contributed by atoms with Crippen molar-refractivity contribution in [1.29, 1.82) is 0 Å². The van der Waals surface area contributed by atoms with Crippen LogP contribution in [0.5, 0.6) is 0 Å². The second-order valence-electron chi connectivity index (χ2n) is 8.35. The normalized spacial score (nSPS) is 16.5. The lowest BCUT2D eigenvalue weighted by atomic mass is 10.1. The lowest BCUT2D eigenvalue weighted by molar-refractivity contribution is -0.129. The van der Waals surface area contributed by atoms with Crippen LogP contribution >= 0.6 is 0 Å². The summed E-state index contributed by atoms with van der Waals surface area (Å²) in [5.74, 6) is -1.71. The van der Waals surface area contributed by atoms with Crippen molar-refractivity contribution in [2.24, 2.45) is 5.73 Å². The zero-order valence-electron chi connectivity index (χ0n) is 20.3. The highest BCUT2D eigenvalue weighted by molar-refractivity contribution is 5.88. The van der Waals surface area contributed by atoms with Gasteiger partial charge < -0.3 is 42.4 Å². The van der Waals surface area contributed by atoms with Crippen molar-refractivity contribution in [3.63, 3.8) is 0 Å². The predicted molar refractivity (Wildman–Crippen MR) is 128 cm³/mol. The Balaban J connectivity index is 2.28. The summed E-state index contributed by atoms with van der Waals surface area (Å²) >= 11 is 0. The molecule has 0 aromatic carbocycles. The summed E-state index contributed by atoms with van der Waals surface area (Å²) < 4.78 is 0. The van der Waals surface area contributed by atoms with Crippen molar-refractivity contribution >= 4 is 35.8 Å². The summed E-state index contributed by atoms with van der Waals surface area (Å²) in [4.78, 5) is 70.3. The van der Waals surface area contributed by atoms with Crippen LogP contribution in [-0.2, 0) is 28.8 Å². The topological polar surface area (TPSA) is 201 Å². The summed E-state index contributed by atoms with van der Waals surface area (Å²) in [6.45, 7) is 3.12. The van der Waals surface area contributed by atoms with Gasteiger partial charge in [0, 0.05) is 32.0 Å². The number of amides is 5. The molecule has 1 rings (SSSR count). The second-order valence-corrected chi connectivity index (χ2v) is 8.35. The van der Waals surface area contributed by atoms with Crippen LogP contribution in [0.2, 0.25) is 0 Å². The molecule has 0 radical (unpaired) electrons. The lowest BCUT2D eigenvalue weighted by Gasteiger charge is -2.20. The highest BCUT2D eigenvalue weighted by Crippen LogP contribution is 2.05. The molecule has 198 valence electrons. The first-order valence-corrected chi connectivity index (χ1v) is 12.1. The van der Waals surface area contributed by atoms with E-state index in [9.17, 15) is 28.8 Å². The van der Waals surface area contributed by atoms with Gasteiger partial charge >= 0.3 is 0 Å². The van der Waals surface area contributed by atoms with E-state index in [4.69, 9.17) is 5.73 Å². The number of hydrogen-bond donors (Lipinski definition) is 7. The van der Waals surface area contributed by atoms with Gasteiger partial charge in [-0.05, 0) is 38.6 Å². The van der Waals surface area contributed by atoms with Crippen molar-refractivity contribution in [2.75, 3.05) is 32.7 Å². The summed E-state index contributed by atoms with van der Waals surface area (Å²) in [6, 6.07) is -1.41. The third-order valence-electron chi connectivity index (χ3n) is 5.45. The average Bonchev–Trinajstić information content (AvgIpc) is 3.36. The monoisotopic (exact) mass is 497 g/mol. The zero-order chi connectivity index (χ0) is 26.1. The Morgan fingerprint density at radius 1 is 1.00 bits per heavy atom. The fourth-order valence-electron chi connectivity index (χ4n) is 3.40. The van der Waals surface area contributed by atoms with Crippen LogP contribution in [-0.4, -0.2) is 86.7 Å². The molecule has 1 fully saturated rings. The van der Waals surface area contributed by atoms with Gasteiger partial charge in [-0.3, -0.25) is 24.0 Å². The van der Waals surface area contributed by atoms with E-state index in [2.05, 4.69) is 31.9 Å². The Hall–Kier alpha value is -3.06. The Morgan fingerprint density at radius 3 is 2.40 bits per heavy atom. The summed E-state index contributed by atoms with van der Waals surface area (Å²) in [6.07, 6.45) is 3.51. The quantitative estimate of drug-likeness (QED) is 0.0824. The number of carbonyl (C=O) groups is 6. The van der Waals surface area contributed by atoms with E-state index in [1.54, 1.807) is 6.92 Å². The van der Waals surface area contributed by atoms with Gasteiger partial charge in [0.05, 0.1) is 19.1 Å². The number of hydrogen-bond acceptors (Lipinski definition) is 8. The van der Waals surface area contributed by atoms with Crippen molar-refractivity contribution in [3.8, 4) is 0 Å². The van der Waals surface area contributed by atoms with Crippen LogP contribution in [0.15, 0.2) is 0 Å². The van der Waals surface area contributed by atoms with E-state index in [1.165, 1.54) is 0 Å². The Morgan fingerprint density at radius 2 is 1.77 bits per heavy atom. The summed E-state index contributed by atoms with van der Waals surface area (Å²) in [7, 11) is 0. The van der Waals surface area contributed by atoms with Gasteiger partial charge in [0.2, 0.25) is 29.5 Å². The smallest absolute Gasteiger partial charge is 0.242 e. The zero-order valence-corrected chi connectivity index (χ0v) is 20.3. The minimum absolute atomic E-state index is 0.0336. The van der Waals surface area contributed by atoms with E-state index in [-0.39, 0.29) is 56.1 Å². The first-order valence-electron chi connectivity index (χ1n) is 12.1. The number of nitrogens with one attached hydrogen (secondary N) is 6. The van der Waals surface area contributed by atoms with Gasteiger partial charge in [-0.2, -0.15) is 0 Å². The van der Waals surface area contributed by atoms with Gasteiger partial charge in [0.15, 0.2) is 0 Å². The van der Waals surface area contributed by atoms with Gasteiger partial charge in [0.25, 0.3) is 0 Å². The number of aldehydes is 1. The van der Waals surface area contributed by atoms with E-state index in [1.807, 2.05) is 0 Å². The van der Waals surface area contributed by atoms with Crippen LogP contribution < -0.4 is 37.6 Å². The lowest BCUT2D eigenvalue weighted by Crippen LogP contribution is -2.50. The molecule has 8 N–H and O–H groups in total. The molecule has 35 heavy (non-hydrogen) atoms. The van der Waals surface area contributed by atoms with Crippen LogP contribution in [0.4, 0.5) is 0 Å². The Labute approximate surface area is 205 Å².